The maximum Gasteiger partial charge on any atom is 0.332 e. The minimum absolute atomic E-state index is 0.135. The zero-order chi connectivity index (χ0) is 19.5. The van der Waals surface area contributed by atoms with E-state index in [-0.39, 0.29) is 19.1 Å². The number of carbonyl (C=O) groups excluding carboxylic acids is 1. The Morgan fingerprint density at radius 3 is 2.67 bits per heavy atom. The quantitative estimate of drug-likeness (QED) is 0.497. The Morgan fingerprint density at radius 2 is 1.93 bits per heavy atom. The van der Waals surface area contributed by atoms with Crippen molar-refractivity contribution in [1.82, 2.24) is 5.32 Å². The van der Waals surface area contributed by atoms with Crippen molar-refractivity contribution in [3.63, 3.8) is 0 Å². The van der Waals surface area contributed by atoms with Crippen molar-refractivity contribution in [2.45, 2.75) is 19.6 Å². The van der Waals surface area contributed by atoms with Crippen molar-refractivity contribution in [3.05, 3.63) is 71.8 Å². The van der Waals surface area contributed by atoms with Crippen molar-refractivity contribution >= 4 is 18.0 Å². The highest BCUT2D eigenvalue weighted by Crippen LogP contribution is 2.16. The molecule has 0 bridgehead atoms. The third-order valence-electron chi connectivity index (χ3n) is 3.65. The molecule has 6 heteroatoms. The van der Waals surface area contributed by atoms with E-state index in [0.717, 1.165) is 16.9 Å². The van der Waals surface area contributed by atoms with Crippen molar-refractivity contribution < 1.29 is 24.2 Å². The summed E-state index contributed by atoms with van der Waals surface area (Å²) >= 11 is 0. The molecule has 0 aromatic heterocycles. The van der Waals surface area contributed by atoms with Crippen molar-refractivity contribution in [2.75, 3.05) is 13.2 Å². The molecule has 0 aliphatic rings. The van der Waals surface area contributed by atoms with Crippen LogP contribution in [0.1, 0.15) is 18.1 Å². The Balaban J connectivity index is 1.77. The number of amides is 1. The number of carbonyl (C=O) groups is 2. The maximum absolute atomic E-state index is 11.8. The smallest absolute Gasteiger partial charge is 0.332 e. The normalized spacial score (nSPS) is 11.9. The second-order valence-electron chi connectivity index (χ2n) is 5.82. The molecule has 0 aliphatic heterocycles. The van der Waals surface area contributed by atoms with E-state index in [1.165, 1.54) is 13.0 Å². The van der Waals surface area contributed by atoms with Crippen molar-refractivity contribution in [3.8, 4) is 5.75 Å². The molecular weight excluding hydrogens is 346 g/mol. The SMILES string of the molecule is CC(OCCNC(=O)/C=C/c1cccc(OCc2ccccc2)c1)C(=O)O. The van der Waals surface area contributed by atoms with Gasteiger partial charge in [-0.15, -0.1) is 0 Å². The number of rotatable bonds is 10. The van der Waals surface area contributed by atoms with Gasteiger partial charge >= 0.3 is 5.97 Å². The topological polar surface area (TPSA) is 84.9 Å². The van der Waals surface area contributed by atoms with Crippen LogP contribution in [-0.2, 0) is 20.9 Å². The average Bonchev–Trinajstić information content (AvgIpc) is 2.69. The van der Waals surface area contributed by atoms with Gasteiger partial charge in [0.05, 0.1) is 6.61 Å². The van der Waals surface area contributed by atoms with E-state index in [9.17, 15) is 9.59 Å². The van der Waals surface area contributed by atoms with Gasteiger partial charge in [0, 0.05) is 12.6 Å². The third-order valence-corrected chi connectivity index (χ3v) is 3.65. The van der Waals surface area contributed by atoms with E-state index in [1.54, 1.807) is 6.08 Å². The standard InChI is InChI=1S/C21H23NO5/c1-16(21(24)25)26-13-12-22-20(23)11-10-17-8-5-9-19(14-17)27-15-18-6-3-2-4-7-18/h2-11,14,16H,12-13,15H2,1H3,(H,22,23)(H,24,25)/b11-10+. The first-order chi connectivity index (χ1) is 13.0. The molecular formula is C21H23NO5. The Hall–Kier alpha value is -3.12. The second-order valence-corrected chi connectivity index (χ2v) is 5.82. The summed E-state index contributed by atoms with van der Waals surface area (Å²) in [6.07, 6.45) is 2.21. The zero-order valence-electron chi connectivity index (χ0n) is 15.1. The zero-order valence-corrected chi connectivity index (χ0v) is 15.1. The van der Waals surface area contributed by atoms with Crippen LogP contribution in [0.5, 0.6) is 5.75 Å². The Labute approximate surface area is 158 Å². The van der Waals surface area contributed by atoms with Gasteiger partial charge in [0.2, 0.25) is 5.91 Å². The fourth-order valence-corrected chi connectivity index (χ4v) is 2.16. The summed E-state index contributed by atoms with van der Waals surface area (Å²) < 4.78 is 10.8. The van der Waals surface area contributed by atoms with Crippen LogP contribution in [0.3, 0.4) is 0 Å². The van der Waals surface area contributed by atoms with Gasteiger partial charge in [-0.2, -0.15) is 0 Å². The first-order valence-corrected chi connectivity index (χ1v) is 8.61. The van der Waals surface area contributed by atoms with Gasteiger partial charge in [0.25, 0.3) is 0 Å². The van der Waals surface area contributed by atoms with Crippen LogP contribution in [0.2, 0.25) is 0 Å². The van der Waals surface area contributed by atoms with Crippen LogP contribution in [-0.4, -0.2) is 36.2 Å². The molecule has 2 N–H and O–H groups in total. The summed E-state index contributed by atoms with van der Waals surface area (Å²) in [6.45, 7) is 2.29. The lowest BCUT2D eigenvalue weighted by Gasteiger charge is -2.08. The molecule has 27 heavy (non-hydrogen) atoms. The molecule has 2 rings (SSSR count). The van der Waals surface area contributed by atoms with Gasteiger partial charge < -0.3 is 19.9 Å². The molecule has 0 heterocycles. The van der Waals surface area contributed by atoms with Gasteiger partial charge in [-0.05, 0) is 36.3 Å². The lowest BCUT2D eigenvalue weighted by atomic mass is 10.2. The monoisotopic (exact) mass is 369 g/mol. The van der Waals surface area contributed by atoms with Crippen LogP contribution in [0.4, 0.5) is 0 Å². The Morgan fingerprint density at radius 1 is 1.15 bits per heavy atom. The number of aliphatic carboxylic acids is 1. The molecule has 142 valence electrons. The lowest BCUT2D eigenvalue weighted by molar-refractivity contribution is -0.148. The summed E-state index contributed by atoms with van der Waals surface area (Å²) in [6, 6.07) is 17.3. The van der Waals surface area contributed by atoms with E-state index in [1.807, 2.05) is 54.6 Å². The highest BCUT2D eigenvalue weighted by Gasteiger charge is 2.10. The molecule has 6 nitrogen and oxygen atoms in total. The molecule has 2 aromatic carbocycles. The number of ether oxygens (including phenoxy) is 2. The molecule has 0 aliphatic carbocycles. The highest BCUT2D eigenvalue weighted by molar-refractivity contribution is 5.91. The summed E-state index contributed by atoms with van der Waals surface area (Å²) in [7, 11) is 0. The molecule has 1 unspecified atom stereocenters. The fourth-order valence-electron chi connectivity index (χ4n) is 2.16. The number of hydrogen-bond acceptors (Lipinski definition) is 4. The summed E-state index contributed by atoms with van der Waals surface area (Å²) in [4.78, 5) is 22.4. The van der Waals surface area contributed by atoms with E-state index >= 15 is 0 Å². The number of carboxylic acid groups (broad SMARTS) is 1. The molecule has 0 saturated heterocycles. The third kappa shape index (κ3) is 7.75. The van der Waals surface area contributed by atoms with E-state index in [2.05, 4.69) is 5.32 Å². The Kier molecular flexibility index (Phi) is 8.06. The predicted octanol–water partition coefficient (Wildman–Crippen LogP) is 2.88. The number of hydrogen-bond donors (Lipinski definition) is 2. The van der Waals surface area contributed by atoms with Crippen LogP contribution < -0.4 is 10.1 Å². The second kappa shape index (κ2) is 10.8. The van der Waals surface area contributed by atoms with Crippen LogP contribution >= 0.6 is 0 Å². The average molecular weight is 369 g/mol. The van der Waals surface area contributed by atoms with E-state index in [4.69, 9.17) is 14.6 Å². The predicted molar refractivity (Wildman–Crippen MR) is 102 cm³/mol. The van der Waals surface area contributed by atoms with Gasteiger partial charge in [0.15, 0.2) is 6.10 Å². The maximum atomic E-state index is 11.8. The lowest BCUT2D eigenvalue weighted by Crippen LogP contribution is -2.29. The molecule has 0 fully saturated rings. The number of nitrogens with one attached hydrogen (secondary N) is 1. The number of carboxylic acids is 1. The van der Waals surface area contributed by atoms with E-state index in [0.29, 0.717) is 6.61 Å². The molecule has 2 aromatic rings. The summed E-state index contributed by atoms with van der Waals surface area (Å²) in [5, 5.41) is 11.3. The van der Waals surface area contributed by atoms with E-state index < -0.39 is 12.1 Å². The van der Waals surface area contributed by atoms with Gasteiger partial charge in [-0.1, -0.05) is 42.5 Å². The largest absolute Gasteiger partial charge is 0.489 e. The Bertz CT molecular complexity index is 773. The molecule has 0 radical (unpaired) electrons. The highest BCUT2D eigenvalue weighted by atomic mass is 16.5. The van der Waals surface area contributed by atoms with Crippen LogP contribution in [0.25, 0.3) is 6.08 Å². The van der Waals surface area contributed by atoms with Crippen LogP contribution in [0.15, 0.2) is 60.7 Å². The minimum Gasteiger partial charge on any atom is -0.489 e. The minimum atomic E-state index is -1.03. The van der Waals surface area contributed by atoms with Crippen LogP contribution in [0, 0.1) is 0 Å². The number of benzene rings is 2. The first-order valence-electron chi connectivity index (χ1n) is 8.61. The van der Waals surface area contributed by atoms with Gasteiger partial charge in [-0.25, -0.2) is 4.79 Å². The molecule has 0 spiro atoms. The molecule has 1 amide bonds. The van der Waals surface area contributed by atoms with Gasteiger partial charge in [0.1, 0.15) is 12.4 Å². The van der Waals surface area contributed by atoms with Crippen molar-refractivity contribution in [1.29, 1.82) is 0 Å². The summed E-state index contributed by atoms with van der Waals surface area (Å²) in [5.74, 6) is -0.592. The molecule has 1 atom stereocenters. The molecule has 0 saturated carbocycles. The summed E-state index contributed by atoms with van der Waals surface area (Å²) in [5.41, 5.74) is 1.92. The van der Waals surface area contributed by atoms with Crippen molar-refractivity contribution in [2.24, 2.45) is 0 Å². The fraction of sp³-hybridized carbons (Fsp3) is 0.238. The van der Waals surface area contributed by atoms with Gasteiger partial charge in [-0.3, -0.25) is 4.79 Å². The first kappa shape index (κ1) is 20.2.